The number of piperidine rings is 1. The smallest absolute Gasteiger partial charge is 0.287 e. The molecule has 152 valence electrons. The highest BCUT2D eigenvalue weighted by atomic mass is 35.5. The maximum absolute atomic E-state index is 12.7. The van der Waals surface area contributed by atoms with Crippen LogP contribution >= 0.6 is 11.6 Å². The average Bonchev–Trinajstić information content (AvgIpc) is 3.25. The number of nitrogens with one attached hydrogen (secondary N) is 1. The van der Waals surface area contributed by atoms with E-state index in [1.165, 1.54) is 12.5 Å². The molecule has 3 heterocycles. The van der Waals surface area contributed by atoms with Gasteiger partial charge in [-0.05, 0) is 62.7 Å². The third-order valence-electron chi connectivity index (χ3n) is 5.39. The van der Waals surface area contributed by atoms with Crippen LogP contribution in [0.2, 0.25) is 5.02 Å². The fourth-order valence-electron chi connectivity index (χ4n) is 3.79. The van der Waals surface area contributed by atoms with Gasteiger partial charge in [-0.15, -0.1) is 0 Å². The minimum absolute atomic E-state index is 0.0129. The summed E-state index contributed by atoms with van der Waals surface area (Å²) < 4.78 is 11.3. The Bertz CT molecular complexity index is 1070. The van der Waals surface area contributed by atoms with Crippen LogP contribution in [0.1, 0.15) is 47.2 Å². The molecule has 1 aromatic carbocycles. The molecule has 0 radical (unpaired) electrons. The lowest BCUT2D eigenvalue weighted by Crippen LogP contribution is -2.40. The van der Waals surface area contributed by atoms with Gasteiger partial charge < -0.3 is 14.2 Å². The predicted octanol–water partition coefficient (Wildman–Crippen LogP) is 4.30. The average molecular weight is 415 g/mol. The lowest BCUT2D eigenvalue weighted by atomic mass is 10.1. The number of aryl methyl sites for hydroxylation is 1. The number of benzene rings is 1. The first-order valence-corrected chi connectivity index (χ1v) is 10.2. The van der Waals surface area contributed by atoms with Crippen LogP contribution in [0, 0.1) is 6.92 Å². The van der Waals surface area contributed by atoms with Gasteiger partial charge in [0.05, 0.1) is 17.7 Å². The standard InChI is InChI=1S/C22H23ClN2O4/c1-14-10-20-15(11-16(14)23)18(26)12-21(29-20)22(27)24-13-17(19-6-5-9-28-19)25-7-3-2-4-8-25/h5-6,9-12,17H,2-4,7-8,13H2,1H3,(H,24,27). The molecule has 1 aliphatic heterocycles. The van der Waals surface area contributed by atoms with Crippen molar-refractivity contribution in [1.29, 1.82) is 0 Å². The summed E-state index contributed by atoms with van der Waals surface area (Å²) in [5.74, 6) is 0.378. The zero-order valence-electron chi connectivity index (χ0n) is 16.2. The molecule has 4 rings (SSSR count). The summed E-state index contributed by atoms with van der Waals surface area (Å²) >= 11 is 6.10. The minimum Gasteiger partial charge on any atom is -0.468 e. The van der Waals surface area contributed by atoms with E-state index in [1.54, 1.807) is 18.4 Å². The molecule has 0 aliphatic carbocycles. The summed E-state index contributed by atoms with van der Waals surface area (Å²) in [5, 5.41) is 3.75. The van der Waals surface area contributed by atoms with E-state index in [9.17, 15) is 9.59 Å². The second-order valence-corrected chi connectivity index (χ2v) is 7.82. The number of fused-ring (bicyclic) bond motifs is 1. The molecule has 1 aliphatic rings. The van der Waals surface area contributed by atoms with Gasteiger partial charge in [0, 0.05) is 17.6 Å². The number of hydrogen-bond donors (Lipinski definition) is 1. The van der Waals surface area contributed by atoms with E-state index in [0.717, 1.165) is 37.3 Å². The Morgan fingerprint density at radius 1 is 1.24 bits per heavy atom. The van der Waals surface area contributed by atoms with Gasteiger partial charge in [0.25, 0.3) is 5.91 Å². The fraction of sp³-hybridized carbons (Fsp3) is 0.364. The van der Waals surface area contributed by atoms with Crippen molar-refractivity contribution in [2.75, 3.05) is 19.6 Å². The van der Waals surface area contributed by atoms with Gasteiger partial charge in [-0.2, -0.15) is 0 Å². The first-order chi connectivity index (χ1) is 14.0. The Morgan fingerprint density at radius 2 is 2.03 bits per heavy atom. The highest BCUT2D eigenvalue weighted by Crippen LogP contribution is 2.25. The number of nitrogens with zero attached hydrogens (tertiary/aromatic N) is 1. The molecule has 2 aromatic heterocycles. The van der Waals surface area contributed by atoms with Crippen molar-refractivity contribution >= 4 is 28.5 Å². The maximum atomic E-state index is 12.7. The van der Waals surface area contributed by atoms with E-state index in [1.807, 2.05) is 19.1 Å². The molecule has 1 amide bonds. The molecule has 0 bridgehead atoms. The summed E-state index contributed by atoms with van der Waals surface area (Å²) in [7, 11) is 0. The number of hydrogen-bond acceptors (Lipinski definition) is 5. The van der Waals surface area contributed by atoms with E-state index < -0.39 is 5.91 Å². The van der Waals surface area contributed by atoms with E-state index in [0.29, 0.717) is 22.5 Å². The van der Waals surface area contributed by atoms with E-state index in [4.69, 9.17) is 20.4 Å². The van der Waals surface area contributed by atoms with Crippen molar-refractivity contribution in [2.45, 2.75) is 32.2 Å². The fourth-order valence-corrected chi connectivity index (χ4v) is 3.95. The van der Waals surface area contributed by atoms with Crippen LogP contribution in [0.4, 0.5) is 0 Å². The largest absolute Gasteiger partial charge is 0.468 e. The number of amides is 1. The van der Waals surface area contributed by atoms with Crippen LogP contribution in [-0.4, -0.2) is 30.4 Å². The molecule has 7 heteroatoms. The summed E-state index contributed by atoms with van der Waals surface area (Å²) in [4.78, 5) is 27.5. The van der Waals surface area contributed by atoms with Gasteiger partial charge in [-0.1, -0.05) is 18.0 Å². The number of carbonyl (C=O) groups excluding carboxylic acids is 1. The topological polar surface area (TPSA) is 75.7 Å². The van der Waals surface area contributed by atoms with Crippen molar-refractivity contribution < 1.29 is 13.6 Å². The van der Waals surface area contributed by atoms with E-state index in [2.05, 4.69) is 10.2 Å². The number of halogens is 1. The van der Waals surface area contributed by atoms with Crippen LogP contribution < -0.4 is 10.7 Å². The lowest BCUT2D eigenvalue weighted by Gasteiger charge is -2.33. The van der Waals surface area contributed by atoms with Crippen molar-refractivity contribution in [3.05, 3.63) is 68.9 Å². The van der Waals surface area contributed by atoms with E-state index in [-0.39, 0.29) is 17.2 Å². The summed E-state index contributed by atoms with van der Waals surface area (Å²) in [6, 6.07) is 8.19. The minimum atomic E-state index is -0.426. The Labute approximate surface area is 173 Å². The van der Waals surface area contributed by atoms with Crippen molar-refractivity contribution in [3.63, 3.8) is 0 Å². The van der Waals surface area contributed by atoms with E-state index >= 15 is 0 Å². The zero-order chi connectivity index (χ0) is 20.4. The van der Waals surface area contributed by atoms with Gasteiger partial charge in [0.2, 0.25) is 0 Å². The van der Waals surface area contributed by atoms with Gasteiger partial charge in [0.1, 0.15) is 11.3 Å². The van der Waals surface area contributed by atoms with Crippen molar-refractivity contribution in [1.82, 2.24) is 10.2 Å². The normalized spacial score (nSPS) is 16.1. The SMILES string of the molecule is Cc1cc2oc(C(=O)NCC(c3ccco3)N3CCCCC3)cc(=O)c2cc1Cl. The predicted molar refractivity (Wildman–Crippen MR) is 111 cm³/mol. The number of likely N-dealkylation sites (tertiary alicyclic amines) is 1. The Hall–Kier alpha value is -2.57. The molecule has 0 spiro atoms. The third kappa shape index (κ3) is 4.23. The van der Waals surface area contributed by atoms with Crippen LogP contribution in [0.3, 0.4) is 0 Å². The first-order valence-electron chi connectivity index (χ1n) is 9.82. The molecule has 1 saturated heterocycles. The second-order valence-electron chi connectivity index (χ2n) is 7.41. The summed E-state index contributed by atoms with van der Waals surface area (Å²) in [6.45, 7) is 4.12. The van der Waals surface area contributed by atoms with Crippen LogP contribution in [-0.2, 0) is 0 Å². The zero-order valence-corrected chi connectivity index (χ0v) is 17.0. The first kappa shape index (κ1) is 19.7. The highest BCUT2D eigenvalue weighted by Gasteiger charge is 2.25. The molecule has 29 heavy (non-hydrogen) atoms. The molecule has 1 N–H and O–H groups in total. The molecule has 1 atom stereocenters. The molecular formula is C22H23ClN2O4. The summed E-state index contributed by atoms with van der Waals surface area (Å²) in [6.07, 6.45) is 5.13. The third-order valence-corrected chi connectivity index (χ3v) is 5.80. The highest BCUT2D eigenvalue weighted by molar-refractivity contribution is 6.32. The maximum Gasteiger partial charge on any atom is 0.287 e. The molecule has 1 unspecified atom stereocenters. The molecule has 0 saturated carbocycles. The number of carbonyl (C=O) groups is 1. The van der Waals surface area contributed by atoms with Gasteiger partial charge in [0.15, 0.2) is 11.2 Å². The Morgan fingerprint density at radius 3 is 2.76 bits per heavy atom. The van der Waals surface area contributed by atoms with Gasteiger partial charge in [-0.3, -0.25) is 14.5 Å². The Balaban J connectivity index is 1.55. The monoisotopic (exact) mass is 414 g/mol. The van der Waals surface area contributed by atoms with Gasteiger partial charge in [-0.25, -0.2) is 0 Å². The van der Waals surface area contributed by atoms with Crippen LogP contribution in [0.5, 0.6) is 0 Å². The molecule has 6 nitrogen and oxygen atoms in total. The lowest BCUT2D eigenvalue weighted by molar-refractivity contribution is 0.0888. The number of rotatable bonds is 5. The second kappa shape index (κ2) is 8.43. The van der Waals surface area contributed by atoms with Crippen LogP contribution in [0.25, 0.3) is 11.0 Å². The van der Waals surface area contributed by atoms with Crippen molar-refractivity contribution in [2.24, 2.45) is 0 Å². The van der Waals surface area contributed by atoms with Crippen LogP contribution in [0.15, 0.2) is 50.2 Å². The Kier molecular flexibility index (Phi) is 5.74. The van der Waals surface area contributed by atoms with Crippen molar-refractivity contribution in [3.8, 4) is 0 Å². The summed E-state index contributed by atoms with van der Waals surface area (Å²) in [5.41, 5.74) is 0.836. The van der Waals surface area contributed by atoms with Gasteiger partial charge >= 0.3 is 0 Å². The molecule has 1 fully saturated rings. The quantitative estimate of drug-likeness (QED) is 0.673. The number of furan rings is 1. The molecular weight excluding hydrogens is 392 g/mol. The molecule has 3 aromatic rings.